The average Bonchev–Trinajstić information content (AvgIpc) is 3.39. The zero-order valence-electron chi connectivity index (χ0n) is 18.1. The van der Waals surface area contributed by atoms with Crippen molar-refractivity contribution in [1.82, 2.24) is 13.9 Å². The van der Waals surface area contributed by atoms with Crippen molar-refractivity contribution in [2.24, 2.45) is 0 Å². The van der Waals surface area contributed by atoms with E-state index in [1.54, 1.807) is 30.5 Å². The molecule has 1 aromatic carbocycles. The van der Waals surface area contributed by atoms with Crippen molar-refractivity contribution in [3.8, 4) is 0 Å². The van der Waals surface area contributed by atoms with Crippen molar-refractivity contribution in [3.05, 3.63) is 70.7 Å². The number of amides is 1. The van der Waals surface area contributed by atoms with Gasteiger partial charge in [0, 0.05) is 38.9 Å². The second-order valence-electron chi connectivity index (χ2n) is 7.01. The van der Waals surface area contributed by atoms with E-state index in [4.69, 9.17) is 0 Å². The summed E-state index contributed by atoms with van der Waals surface area (Å²) in [7, 11) is -1.58. The summed E-state index contributed by atoms with van der Waals surface area (Å²) >= 11 is 0. The largest absolute Gasteiger partial charge is 1.00 e. The maximum Gasteiger partial charge on any atom is 1.00 e. The fraction of sp³-hybridized carbons (Fsp3) is 0.300. The second kappa shape index (κ2) is 11.2. The molecule has 1 saturated heterocycles. The number of anilines is 1. The SMILES string of the molecule is CN(C)S(=O)(=O)[N-]C(=O)c1cnn2ccc(N3CCCC3)c(F)c12.Fc1ccccc1.[Na+]. The van der Waals surface area contributed by atoms with Crippen molar-refractivity contribution in [2.75, 3.05) is 32.1 Å². The molecule has 8 nitrogen and oxygen atoms in total. The first-order valence-corrected chi connectivity index (χ1v) is 10.9. The van der Waals surface area contributed by atoms with Crippen LogP contribution in [0.25, 0.3) is 10.2 Å². The van der Waals surface area contributed by atoms with Gasteiger partial charge in [-0.2, -0.15) is 5.10 Å². The Morgan fingerprint density at radius 2 is 1.72 bits per heavy atom. The quantitative estimate of drug-likeness (QED) is 0.506. The van der Waals surface area contributed by atoms with Gasteiger partial charge < -0.3 is 14.4 Å². The number of carbonyl (C=O) groups is 1. The maximum absolute atomic E-state index is 14.9. The molecule has 12 heteroatoms. The maximum atomic E-state index is 14.9. The summed E-state index contributed by atoms with van der Waals surface area (Å²) in [6.07, 6.45) is 4.63. The van der Waals surface area contributed by atoms with Gasteiger partial charge in [-0.1, -0.05) is 18.2 Å². The van der Waals surface area contributed by atoms with Crippen LogP contribution in [0.5, 0.6) is 0 Å². The molecule has 1 aliphatic heterocycles. The minimum Gasteiger partial charge on any atom is -0.528 e. The van der Waals surface area contributed by atoms with E-state index in [0.717, 1.165) is 36.4 Å². The van der Waals surface area contributed by atoms with Crippen LogP contribution in [0.1, 0.15) is 23.2 Å². The zero-order valence-corrected chi connectivity index (χ0v) is 20.9. The molecule has 4 rings (SSSR count). The van der Waals surface area contributed by atoms with E-state index in [2.05, 4.69) is 9.82 Å². The number of carbonyl (C=O) groups excluding carboxylic acids is 1. The third-order valence-electron chi connectivity index (χ3n) is 4.67. The van der Waals surface area contributed by atoms with Gasteiger partial charge in [0.15, 0.2) is 16.0 Å². The van der Waals surface area contributed by atoms with Gasteiger partial charge in [0.1, 0.15) is 11.3 Å². The molecule has 0 saturated carbocycles. The third kappa shape index (κ3) is 6.04. The Hall–Kier alpha value is -2.05. The van der Waals surface area contributed by atoms with Gasteiger partial charge in [0.25, 0.3) is 0 Å². The monoisotopic (exact) mass is 473 g/mol. The summed E-state index contributed by atoms with van der Waals surface area (Å²) in [4.78, 5) is 14.1. The molecule has 0 aliphatic carbocycles. The number of nitrogens with zero attached hydrogens (tertiary/aromatic N) is 5. The summed E-state index contributed by atoms with van der Waals surface area (Å²) in [5.41, 5.74) is 0.131. The average molecular weight is 473 g/mol. The normalized spacial score (nSPS) is 13.5. The van der Waals surface area contributed by atoms with Gasteiger partial charge in [-0.05, 0) is 31.0 Å². The number of hydrogen-bond acceptors (Lipinski definition) is 5. The molecule has 0 atom stereocenters. The summed E-state index contributed by atoms with van der Waals surface area (Å²) in [6, 6.07) is 9.54. The molecule has 1 fully saturated rings. The molecule has 0 bridgehead atoms. The van der Waals surface area contributed by atoms with Crippen LogP contribution >= 0.6 is 0 Å². The standard InChI is InChI=1S/C14H18FN5O3S.C6H5F.Na/c1-18(2)24(22,23)17-14(21)10-9-16-20-8-5-11(12(15)13(10)20)19-6-3-4-7-19;7-6-4-2-1-3-5-6;/h5,8-9H,3-4,6-7H2,1-2H3,(H,17,21);1-5H;/q;;+1/p-1. The van der Waals surface area contributed by atoms with E-state index in [0.29, 0.717) is 5.69 Å². The summed E-state index contributed by atoms with van der Waals surface area (Å²) in [6.45, 7) is 1.48. The Morgan fingerprint density at radius 1 is 1.09 bits per heavy atom. The third-order valence-corrected chi connectivity index (χ3v) is 5.99. The van der Waals surface area contributed by atoms with Gasteiger partial charge in [-0.3, -0.25) is 0 Å². The summed E-state index contributed by atoms with van der Waals surface area (Å²) < 4.78 is 55.5. The fourth-order valence-electron chi connectivity index (χ4n) is 3.04. The van der Waals surface area contributed by atoms with Crippen molar-refractivity contribution < 1.29 is 51.6 Å². The van der Waals surface area contributed by atoms with E-state index < -0.39 is 21.9 Å². The molecule has 0 unspecified atom stereocenters. The Morgan fingerprint density at radius 3 is 2.25 bits per heavy atom. The van der Waals surface area contributed by atoms with Crippen LogP contribution in [-0.2, 0) is 10.2 Å². The molecule has 32 heavy (non-hydrogen) atoms. The molecule has 1 amide bonds. The predicted octanol–water partition coefficient (Wildman–Crippen LogP) is 0.224. The molecule has 0 N–H and O–H groups in total. The van der Waals surface area contributed by atoms with Crippen molar-refractivity contribution in [2.45, 2.75) is 12.8 Å². The van der Waals surface area contributed by atoms with Crippen molar-refractivity contribution in [3.63, 3.8) is 0 Å². The minimum absolute atomic E-state index is 0. The van der Waals surface area contributed by atoms with Crippen molar-refractivity contribution in [1.29, 1.82) is 0 Å². The Bertz CT molecular complexity index is 1170. The fourth-order valence-corrected chi connectivity index (χ4v) is 3.51. The van der Waals surface area contributed by atoms with Gasteiger partial charge in [-0.15, -0.1) is 0 Å². The summed E-state index contributed by atoms with van der Waals surface area (Å²) in [5, 5.41) is 3.91. The van der Waals surface area contributed by atoms with Gasteiger partial charge in [0.2, 0.25) is 0 Å². The molecule has 2 aromatic heterocycles. The van der Waals surface area contributed by atoms with E-state index in [-0.39, 0.29) is 46.5 Å². The smallest absolute Gasteiger partial charge is 0.528 e. The Labute approximate surface area is 207 Å². The number of fused-ring (bicyclic) bond motifs is 1. The van der Waals surface area contributed by atoms with Crippen LogP contribution in [0.4, 0.5) is 14.5 Å². The van der Waals surface area contributed by atoms with Crippen molar-refractivity contribution >= 4 is 27.3 Å². The van der Waals surface area contributed by atoms with Crippen LogP contribution in [-0.4, -0.2) is 55.4 Å². The van der Waals surface area contributed by atoms with Gasteiger partial charge in [-0.25, -0.2) is 26.0 Å². The second-order valence-corrected chi connectivity index (χ2v) is 8.82. The first-order valence-electron chi connectivity index (χ1n) is 9.52. The molecule has 3 heterocycles. The van der Waals surface area contributed by atoms with Gasteiger partial charge >= 0.3 is 29.6 Å². The topological polar surface area (TPSA) is 89.1 Å². The van der Waals surface area contributed by atoms with E-state index in [9.17, 15) is 22.0 Å². The number of rotatable bonds is 4. The molecule has 166 valence electrons. The van der Waals surface area contributed by atoms with Gasteiger partial charge in [0.05, 0.1) is 17.8 Å². The van der Waals surface area contributed by atoms with Crippen LogP contribution in [0.3, 0.4) is 0 Å². The predicted molar refractivity (Wildman–Crippen MR) is 113 cm³/mol. The van der Waals surface area contributed by atoms with Crippen LogP contribution in [0.15, 0.2) is 48.8 Å². The number of hydrogen-bond donors (Lipinski definition) is 0. The van der Waals surface area contributed by atoms with E-state index in [1.165, 1.54) is 30.7 Å². The number of aromatic nitrogens is 2. The molecular formula is C20H22F2N5NaO3S. The first-order chi connectivity index (χ1) is 14.7. The molecule has 3 aromatic rings. The number of pyridine rings is 1. The van der Waals surface area contributed by atoms with E-state index in [1.807, 2.05) is 4.90 Å². The van der Waals surface area contributed by atoms with E-state index >= 15 is 0 Å². The zero-order chi connectivity index (χ0) is 22.6. The van der Waals surface area contributed by atoms with Crippen LogP contribution in [0, 0.1) is 11.6 Å². The number of halogens is 2. The molecule has 1 aliphatic rings. The molecule has 0 radical (unpaired) electrons. The van der Waals surface area contributed by atoms with Crippen LogP contribution < -0.4 is 34.5 Å². The van der Waals surface area contributed by atoms with Crippen LogP contribution in [0.2, 0.25) is 0 Å². The summed E-state index contributed by atoms with van der Waals surface area (Å²) in [5.74, 6) is -1.82. The Balaban J connectivity index is 0.000000388. The molecular weight excluding hydrogens is 451 g/mol. The minimum atomic E-state index is -4.09. The molecule has 0 spiro atoms. The number of benzene rings is 1. The Kier molecular flexibility index (Phi) is 9.17. The first kappa shape index (κ1) is 26.2.